The zero-order valence-corrected chi connectivity index (χ0v) is 19.2. The molecule has 0 fully saturated rings. The maximum Gasteiger partial charge on any atom is 0.267 e. The van der Waals surface area contributed by atoms with Crippen molar-refractivity contribution in [2.24, 2.45) is 0 Å². The monoisotopic (exact) mass is 477 g/mol. The molecule has 2 N–H and O–H groups in total. The van der Waals surface area contributed by atoms with Crippen molar-refractivity contribution in [3.8, 4) is 11.5 Å². The molecule has 0 aliphatic rings. The molecule has 0 atom stereocenters. The first-order valence-electron chi connectivity index (χ1n) is 10.8. The quantitative estimate of drug-likeness (QED) is 0.401. The largest absolute Gasteiger partial charge is 0.505 e. The Morgan fingerprint density at radius 2 is 1.80 bits per heavy atom. The van der Waals surface area contributed by atoms with E-state index in [0.717, 1.165) is 11.1 Å². The average molecular weight is 477 g/mol. The van der Waals surface area contributed by atoms with E-state index in [2.05, 4.69) is 9.97 Å². The van der Waals surface area contributed by atoms with Crippen molar-refractivity contribution in [3.05, 3.63) is 93.7 Å². The van der Waals surface area contributed by atoms with Crippen molar-refractivity contribution < 1.29 is 23.8 Å². The second kappa shape index (κ2) is 10.4. The van der Waals surface area contributed by atoms with Gasteiger partial charge in [0.15, 0.2) is 5.75 Å². The molecule has 0 saturated carbocycles. The van der Waals surface area contributed by atoms with Crippen molar-refractivity contribution in [1.29, 1.82) is 0 Å². The van der Waals surface area contributed by atoms with E-state index in [1.165, 1.54) is 31.3 Å². The molecule has 0 unspecified atom stereocenters. The number of hydrogen-bond acceptors (Lipinski definition) is 6. The normalized spacial score (nSPS) is 10.9. The molecule has 4 aromatic rings. The maximum atomic E-state index is 13.4. The van der Waals surface area contributed by atoms with E-state index in [-0.39, 0.29) is 30.0 Å². The molecule has 0 saturated heterocycles. The minimum atomic E-state index is -0.739. The first-order valence-corrected chi connectivity index (χ1v) is 10.8. The van der Waals surface area contributed by atoms with E-state index < -0.39 is 22.8 Å². The average Bonchev–Trinajstić information content (AvgIpc) is 2.86. The summed E-state index contributed by atoms with van der Waals surface area (Å²) in [5.41, 5.74) is 1.35. The number of nitrogens with one attached hydrogen (secondary N) is 1. The third kappa shape index (κ3) is 5.15. The highest BCUT2D eigenvalue weighted by molar-refractivity contribution is 6.09. The lowest BCUT2D eigenvalue weighted by Gasteiger charge is -2.23. The molecule has 2 aromatic carbocycles. The molecule has 0 aliphatic carbocycles. The molecule has 35 heavy (non-hydrogen) atoms. The third-order valence-electron chi connectivity index (χ3n) is 5.56. The first-order chi connectivity index (χ1) is 16.9. The fourth-order valence-corrected chi connectivity index (χ4v) is 3.76. The fraction of sp³-hybridized carbons (Fsp3) is 0.192. The molecule has 1 amide bonds. The van der Waals surface area contributed by atoms with Gasteiger partial charge in [0.1, 0.15) is 22.6 Å². The molecular formula is C26H24FN3O5. The SMILES string of the molecule is COCCN(C(=O)c1c(O)c2ncc(Cc3ccc(F)cc3)cc2[nH]c1=O)c1ccc(OC)cc1. The molecule has 2 heterocycles. The predicted octanol–water partition coefficient (Wildman–Crippen LogP) is 3.66. The van der Waals surface area contributed by atoms with Crippen molar-refractivity contribution in [3.63, 3.8) is 0 Å². The van der Waals surface area contributed by atoms with Crippen LogP contribution in [0, 0.1) is 5.82 Å². The second-order valence-corrected chi connectivity index (χ2v) is 7.87. The Balaban J connectivity index is 1.70. The summed E-state index contributed by atoms with van der Waals surface area (Å²) in [5, 5.41) is 10.9. The Labute approximate surface area is 200 Å². The van der Waals surface area contributed by atoms with Gasteiger partial charge in [-0.2, -0.15) is 0 Å². The number of H-pyrrole nitrogens is 1. The van der Waals surface area contributed by atoms with Crippen molar-refractivity contribution in [2.75, 3.05) is 32.3 Å². The van der Waals surface area contributed by atoms with Gasteiger partial charge >= 0.3 is 0 Å². The number of methoxy groups -OCH3 is 2. The van der Waals surface area contributed by atoms with Gasteiger partial charge in [-0.3, -0.25) is 14.6 Å². The van der Waals surface area contributed by atoms with Crippen LogP contribution in [0.4, 0.5) is 10.1 Å². The molecule has 0 bridgehead atoms. The van der Waals surface area contributed by atoms with E-state index in [9.17, 15) is 19.1 Å². The summed E-state index contributed by atoms with van der Waals surface area (Å²) < 4.78 is 23.5. The van der Waals surface area contributed by atoms with Gasteiger partial charge in [0.2, 0.25) is 0 Å². The van der Waals surface area contributed by atoms with Crippen LogP contribution in [0.2, 0.25) is 0 Å². The van der Waals surface area contributed by atoms with Crippen LogP contribution in [0.15, 0.2) is 65.6 Å². The number of benzene rings is 2. The van der Waals surface area contributed by atoms with Gasteiger partial charge in [-0.05, 0) is 60.0 Å². The number of rotatable bonds is 8. The van der Waals surface area contributed by atoms with Crippen molar-refractivity contribution in [2.45, 2.75) is 6.42 Å². The Morgan fingerprint density at radius 3 is 2.46 bits per heavy atom. The van der Waals surface area contributed by atoms with Crippen LogP contribution in [0.5, 0.6) is 11.5 Å². The topological polar surface area (TPSA) is 105 Å². The highest BCUT2D eigenvalue weighted by Gasteiger charge is 2.26. The molecule has 2 aromatic heterocycles. The number of aromatic amines is 1. The number of ether oxygens (including phenoxy) is 2. The van der Waals surface area contributed by atoms with Crippen LogP contribution in [0.1, 0.15) is 21.5 Å². The van der Waals surface area contributed by atoms with E-state index in [4.69, 9.17) is 9.47 Å². The maximum absolute atomic E-state index is 13.4. The lowest BCUT2D eigenvalue weighted by molar-refractivity contribution is 0.0972. The minimum absolute atomic E-state index is 0.0947. The molecule has 9 heteroatoms. The Hall–Kier alpha value is -4.24. The number of amides is 1. The van der Waals surface area contributed by atoms with Crippen molar-refractivity contribution >= 4 is 22.6 Å². The van der Waals surface area contributed by atoms with Gasteiger partial charge in [0.25, 0.3) is 11.5 Å². The molecule has 4 rings (SSSR count). The van der Waals surface area contributed by atoms with Gasteiger partial charge in [0.05, 0.1) is 19.2 Å². The summed E-state index contributed by atoms with van der Waals surface area (Å²) in [4.78, 5) is 34.7. The summed E-state index contributed by atoms with van der Waals surface area (Å²) in [6.45, 7) is 0.373. The van der Waals surface area contributed by atoms with Crippen LogP contribution in [0.3, 0.4) is 0 Å². The lowest BCUT2D eigenvalue weighted by atomic mass is 10.1. The molecule has 0 spiro atoms. The summed E-state index contributed by atoms with van der Waals surface area (Å²) in [7, 11) is 3.04. The van der Waals surface area contributed by atoms with Crippen LogP contribution in [-0.2, 0) is 11.2 Å². The number of halogens is 1. The summed E-state index contributed by atoms with van der Waals surface area (Å²) in [5.74, 6) is -0.908. The summed E-state index contributed by atoms with van der Waals surface area (Å²) >= 11 is 0. The standard InChI is InChI=1S/C26H24FN3O5/c1-34-12-11-30(19-7-9-20(35-2)10-8-19)26(33)22-24(31)23-21(29-25(22)32)14-17(15-28-23)13-16-3-5-18(27)6-4-16/h3-10,14-15H,11-13H2,1-2H3,(H2,29,31,32). The van der Waals surface area contributed by atoms with E-state index in [1.807, 2.05) is 0 Å². The van der Waals surface area contributed by atoms with E-state index in [1.54, 1.807) is 48.7 Å². The number of carbonyl (C=O) groups is 1. The smallest absolute Gasteiger partial charge is 0.267 e. The van der Waals surface area contributed by atoms with Gasteiger partial charge in [-0.15, -0.1) is 0 Å². The van der Waals surface area contributed by atoms with Crippen LogP contribution in [0.25, 0.3) is 11.0 Å². The van der Waals surface area contributed by atoms with Gasteiger partial charge in [0, 0.05) is 25.5 Å². The minimum Gasteiger partial charge on any atom is -0.505 e. The number of fused-ring (bicyclic) bond motifs is 1. The first kappa shape index (κ1) is 23.9. The van der Waals surface area contributed by atoms with Gasteiger partial charge < -0.3 is 24.5 Å². The number of aromatic nitrogens is 2. The fourth-order valence-electron chi connectivity index (χ4n) is 3.76. The third-order valence-corrected chi connectivity index (χ3v) is 5.56. The van der Waals surface area contributed by atoms with Crippen LogP contribution in [-0.4, -0.2) is 48.4 Å². The molecular weight excluding hydrogens is 453 g/mol. The van der Waals surface area contributed by atoms with Gasteiger partial charge in [-0.25, -0.2) is 4.39 Å². The number of pyridine rings is 2. The van der Waals surface area contributed by atoms with Crippen LogP contribution < -0.4 is 15.2 Å². The predicted molar refractivity (Wildman–Crippen MR) is 130 cm³/mol. The van der Waals surface area contributed by atoms with Crippen molar-refractivity contribution in [1.82, 2.24) is 9.97 Å². The highest BCUT2D eigenvalue weighted by Crippen LogP contribution is 2.27. The highest BCUT2D eigenvalue weighted by atomic mass is 19.1. The van der Waals surface area contributed by atoms with Gasteiger partial charge in [-0.1, -0.05) is 12.1 Å². The number of hydrogen-bond donors (Lipinski definition) is 2. The number of aromatic hydroxyl groups is 1. The summed E-state index contributed by atoms with van der Waals surface area (Å²) in [6.07, 6.45) is 2.00. The molecule has 8 nitrogen and oxygen atoms in total. The van der Waals surface area contributed by atoms with Crippen LogP contribution >= 0.6 is 0 Å². The zero-order valence-electron chi connectivity index (χ0n) is 19.2. The number of nitrogens with zero attached hydrogens (tertiary/aromatic N) is 2. The zero-order chi connectivity index (χ0) is 24.9. The van der Waals surface area contributed by atoms with E-state index >= 15 is 0 Å². The molecule has 0 aliphatic heterocycles. The summed E-state index contributed by atoms with van der Waals surface area (Å²) in [6, 6.07) is 14.5. The van der Waals surface area contributed by atoms with E-state index in [0.29, 0.717) is 17.9 Å². The number of carbonyl (C=O) groups excluding carboxylic acids is 1. The Bertz CT molecular complexity index is 1400. The Morgan fingerprint density at radius 1 is 1.09 bits per heavy atom. The molecule has 180 valence electrons. The Kier molecular flexibility index (Phi) is 7.07. The molecule has 0 radical (unpaired) electrons. The number of anilines is 1. The second-order valence-electron chi connectivity index (χ2n) is 7.87. The lowest BCUT2D eigenvalue weighted by Crippen LogP contribution is -2.37.